The zero-order chi connectivity index (χ0) is 16.5. The highest BCUT2D eigenvalue weighted by Gasteiger charge is 2.13. The van der Waals surface area contributed by atoms with Gasteiger partial charge in [0.25, 0.3) is 0 Å². The van der Waals surface area contributed by atoms with Gasteiger partial charge in [-0.25, -0.2) is 14.6 Å². The number of nitrogens with one attached hydrogen (secondary N) is 1. The van der Waals surface area contributed by atoms with Crippen LogP contribution in [-0.2, 0) is 6.54 Å². The monoisotopic (exact) mass is 335 g/mol. The van der Waals surface area contributed by atoms with E-state index in [1.807, 2.05) is 10.9 Å². The number of anilines is 1. The minimum Gasteiger partial charge on any atom is -0.369 e. The van der Waals surface area contributed by atoms with Crippen molar-refractivity contribution in [3.63, 3.8) is 0 Å². The summed E-state index contributed by atoms with van der Waals surface area (Å²) >= 11 is 1.75. The van der Waals surface area contributed by atoms with Gasteiger partial charge in [0, 0.05) is 18.8 Å². The fraction of sp³-hybridized carbons (Fsp3) is 0.706. The minimum absolute atomic E-state index is 0.864. The molecule has 0 spiro atoms. The van der Waals surface area contributed by atoms with Gasteiger partial charge in [-0.15, -0.1) is 0 Å². The van der Waals surface area contributed by atoms with Crippen LogP contribution in [0.5, 0.6) is 0 Å². The van der Waals surface area contributed by atoms with Crippen LogP contribution in [0.1, 0.15) is 59.3 Å². The molecule has 0 aliphatic carbocycles. The highest BCUT2D eigenvalue weighted by molar-refractivity contribution is 7.99. The van der Waals surface area contributed by atoms with Gasteiger partial charge in [0.2, 0.25) is 0 Å². The Labute approximate surface area is 143 Å². The second-order valence-corrected chi connectivity index (χ2v) is 6.86. The van der Waals surface area contributed by atoms with Crippen molar-refractivity contribution in [1.29, 1.82) is 0 Å². The molecule has 2 aromatic rings. The summed E-state index contributed by atoms with van der Waals surface area (Å²) < 4.78 is 2.02. The molecule has 0 amide bonds. The molecular weight excluding hydrogens is 306 g/mol. The Hall–Kier alpha value is -1.30. The second-order valence-electron chi connectivity index (χ2n) is 5.80. The normalized spacial score (nSPS) is 11.3. The Kier molecular flexibility index (Phi) is 7.65. The highest BCUT2D eigenvalue weighted by atomic mass is 32.2. The number of nitrogens with zero attached hydrogens (tertiary/aromatic N) is 4. The Morgan fingerprint density at radius 3 is 2.57 bits per heavy atom. The van der Waals surface area contributed by atoms with Gasteiger partial charge in [0.15, 0.2) is 10.8 Å². The minimum atomic E-state index is 0.864. The quantitative estimate of drug-likeness (QED) is 0.365. The standard InChI is InChI=1S/C17H29N5S/c1-4-7-10-18-15-14-13-19-22(11-8-5-2)16(14)21-17(20-15)23-12-9-6-3/h13H,4-12H2,1-3H3,(H,18,20,21). The molecule has 0 aliphatic heterocycles. The number of rotatable bonds is 11. The predicted octanol–water partition coefficient (Wildman–Crippen LogP) is 4.73. The van der Waals surface area contributed by atoms with E-state index in [1.165, 1.54) is 19.3 Å². The first-order valence-corrected chi connectivity index (χ1v) is 9.88. The van der Waals surface area contributed by atoms with E-state index in [4.69, 9.17) is 9.97 Å². The van der Waals surface area contributed by atoms with Crippen LogP contribution in [0.25, 0.3) is 11.0 Å². The molecule has 0 aromatic carbocycles. The largest absolute Gasteiger partial charge is 0.369 e. The molecule has 2 heterocycles. The maximum atomic E-state index is 4.76. The van der Waals surface area contributed by atoms with Crippen molar-refractivity contribution in [1.82, 2.24) is 19.7 Å². The fourth-order valence-corrected chi connectivity index (χ4v) is 3.22. The van der Waals surface area contributed by atoms with Gasteiger partial charge in [-0.05, 0) is 19.3 Å². The third-order valence-corrected chi connectivity index (χ3v) is 4.68. The molecule has 0 atom stereocenters. The molecule has 0 saturated carbocycles. The molecule has 2 aromatic heterocycles. The topological polar surface area (TPSA) is 55.6 Å². The fourth-order valence-electron chi connectivity index (χ4n) is 2.30. The molecular formula is C17H29N5S. The number of hydrogen-bond donors (Lipinski definition) is 1. The zero-order valence-electron chi connectivity index (χ0n) is 14.6. The molecule has 0 saturated heterocycles. The van der Waals surface area contributed by atoms with Gasteiger partial charge in [-0.1, -0.05) is 51.8 Å². The van der Waals surface area contributed by atoms with E-state index >= 15 is 0 Å². The Morgan fingerprint density at radius 1 is 1.04 bits per heavy atom. The molecule has 128 valence electrons. The summed E-state index contributed by atoms with van der Waals surface area (Å²) in [5.41, 5.74) is 0.964. The number of hydrogen-bond acceptors (Lipinski definition) is 5. The third kappa shape index (κ3) is 5.09. The van der Waals surface area contributed by atoms with Gasteiger partial charge in [-0.2, -0.15) is 5.10 Å². The number of aromatic nitrogens is 4. The van der Waals surface area contributed by atoms with Crippen LogP contribution >= 0.6 is 11.8 Å². The summed E-state index contributed by atoms with van der Waals surface area (Å²) in [4.78, 5) is 9.49. The number of fused-ring (bicyclic) bond motifs is 1. The maximum Gasteiger partial charge on any atom is 0.191 e. The van der Waals surface area contributed by atoms with Crippen LogP contribution in [-0.4, -0.2) is 32.0 Å². The van der Waals surface area contributed by atoms with Crippen LogP contribution in [0.3, 0.4) is 0 Å². The molecule has 1 N–H and O–H groups in total. The maximum absolute atomic E-state index is 4.76. The predicted molar refractivity (Wildman–Crippen MR) is 99.3 cm³/mol. The molecule has 0 unspecified atom stereocenters. The van der Waals surface area contributed by atoms with Gasteiger partial charge >= 0.3 is 0 Å². The molecule has 0 aliphatic rings. The lowest BCUT2D eigenvalue weighted by molar-refractivity contribution is 0.582. The first-order valence-electron chi connectivity index (χ1n) is 8.90. The number of aryl methyl sites for hydroxylation is 1. The molecule has 6 heteroatoms. The van der Waals surface area contributed by atoms with Crippen molar-refractivity contribution in [2.24, 2.45) is 0 Å². The Morgan fingerprint density at radius 2 is 1.83 bits per heavy atom. The Balaban J connectivity index is 2.26. The molecule has 2 rings (SSSR count). The van der Waals surface area contributed by atoms with E-state index in [-0.39, 0.29) is 0 Å². The van der Waals surface area contributed by atoms with Crippen LogP contribution in [0.4, 0.5) is 5.82 Å². The Bertz CT molecular complexity index is 596. The van der Waals surface area contributed by atoms with Crippen molar-refractivity contribution in [2.75, 3.05) is 17.6 Å². The summed E-state index contributed by atoms with van der Waals surface area (Å²) in [6, 6.07) is 0. The van der Waals surface area contributed by atoms with Gasteiger partial charge < -0.3 is 5.32 Å². The van der Waals surface area contributed by atoms with Crippen LogP contribution in [0, 0.1) is 0 Å². The summed E-state index contributed by atoms with van der Waals surface area (Å²) in [7, 11) is 0. The van der Waals surface area contributed by atoms with Crippen LogP contribution < -0.4 is 5.32 Å². The average molecular weight is 336 g/mol. The lowest BCUT2D eigenvalue weighted by Gasteiger charge is -2.09. The highest BCUT2D eigenvalue weighted by Crippen LogP contribution is 2.25. The van der Waals surface area contributed by atoms with Crippen molar-refractivity contribution in [2.45, 2.75) is 71.0 Å². The van der Waals surface area contributed by atoms with Gasteiger partial charge in [0.05, 0.1) is 11.6 Å². The summed E-state index contributed by atoms with van der Waals surface area (Å²) in [6.45, 7) is 8.48. The second kappa shape index (κ2) is 9.75. The van der Waals surface area contributed by atoms with E-state index in [0.717, 1.165) is 60.1 Å². The van der Waals surface area contributed by atoms with E-state index in [0.29, 0.717) is 0 Å². The molecule has 5 nitrogen and oxygen atoms in total. The van der Waals surface area contributed by atoms with E-state index < -0.39 is 0 Å². The number of thioether (sulfide) groups is 1. The summed E-state index contributed by atoms with van der Waals surface area (Å²) in [6.07, 6.45) is 8.90. The van der Waals surface area contributed by atoms with Crippen LogP contribution in [0.2, 0.25) is 0 Å². The molecule has 0 fully saturated rings. The third-order valence-electron chi connectivity index (χ3n) is 3.75. The summed E-state index contributed by atoms with van der Waals surface area (Å²) in [5, 5.41) is 9.90. The molecule has 0 bridgehead atoms. The zero-order valence-corrected chi connectivity index (χ0v) is 15.5. The van der Waals surface area contributed by atoms with Crippen molar-refractivity contribution >= 4 is 28.6 Å². The van der Waals surface area contributed by atoms with E-state index in [1.54, 1.807) is 11.8 Å². The van der Waals surface area contributed by atoms with E-state index in [2.05, 4.69) is 31.2 Å². The lowest BCUT2D eigenvalue weighted by atomic mass is 10.3. The van der Waals surface area contributed by atoms with Gasteiger partial charge in [0.1, 0.15) is 5.82 Å². The number of unbranched alkanes of at least 4 members (excludes halogenated alkanes) is 3. The van der Waals surface area contributed by atoms with Gasteiger partial charge in [-0.3, -0.25) is 0 Å². The van der Waals surface area contributed by atoms with Crippen molar-refractivity contribution in [3.8, 4) is 0 Å². The SMILES string of the molecule is CCCCNc1nc(SCCCC)nc2c1cnn2CCCC. The van der Waals surface area contributed by atoms with E-state index in [9.17, 15) is 0 Å². The molecule has 23 heavy (non-hydrogen) atoms. The first kappa shape index (κ1) is 18.0. The summed E-state index contributed by atoms with van der Waals surface area (Å²) in [5.74, 6) is 2.00. The first-order chi connectivity index (χ1) is 11.3. The van der Waals surface area contributed by atoms with Crippen molar-refractivity contribution in [3.05, 3.63) is 6.20 Å². The average Bonchev–Trinajstić information content (AvgIpc) is 2.96. The smallest absolute Gasteiger partial charge is 0.191 e. The lowest BCUT2D eigenvalue weighted by Crippen LogP contribution is -2.06. The van der Waals surface area contributed by atoms with Crippen LogP contribution in [0.15, 0.2) is 11.4 Å². The molecule has 0 radical (unpaired) electrons. The van der Waals surface area contributed by atoms with Crippen molar-refractivity contribution < 1.29 is 0 Å².